The second-order valence-corrected chi connectivity index (χ2v) is 9.04. The largest absolute Gasteiger partial charge is 0.454 e. The average molecular weight is 386 g/mol. The number of ether oxygens (including phenoxy) is 1. The number of hydrogen-bond acceptors (Lipinski definition) is 7. The van der Waals surface area contributed by atoms with E-state index in [1.54, 1.807) is 45.1 Å². The van der Waals surface area contributed by atoms with Gasteiger partial charge in [0.25, 0.3) is 5.71 Å². The third kappa shape index (κ3) is 3.78. The number of nitrogens with zero attached hydrogens (tertiary/aromatic N) is 2. The molecule has 3 rings (SSSR count). The van der Waals surface area contributed by atoms with Crippen LogP contribution in [0.2, 0.25) is 0 Å². The van der Waals surface area contributed by atoms with E-state index in [0.29, 0.717) is 22.3 Å². The SMILES string of the molecule is Cc1cc(-c2cc(C(=O)OCC(=O)C(C)(C)C)c3c(C)noc3n2)c(C)s1. The molecule has 0 aromatic carbocycles. The molecule has 7 heteroatoms. The molecule has 0 radical (unpaired) electrons. The molecule has 6 nitrogen and oxygen atoms in total. The fraction of sp³-hybridized carbons (Fsp3) is 0.400. The molecule has 3 aromatic rings. The molecule has 0 aliphatic rings. The normalized spacial score (nSPS) is 11.8. The highest BCUT2D eigenvalue weighted by Crippen LogP contribution is 2.33. The maximum absolute atomic E-state index is 12.7. The van der Waals surface area contributed by atoms with Crippen molar-refractivity contribution in [3.63, 3.8) is 0 Å². The van der Waals surface area contributed by atoms with Crippen molar-refractivity contribution in [1.29, 1.82) is 0 Å². The first-order chi connectivity index (χ1) is 12.6. The zero-order chi connectivity index (χ0) is 19.9. The summed E-state index contributed by atoms with van der Waals surface area (Å²) in [5, 5.41) is 4.44. The molecule has 0 aliphatic carbocycles. The van der Waals surface area contributed by atoms with Gasteiger partial charge >= 0.3 is 5.97 Å². The van der Waals surface area contributed by atoms with Crippen LogP contribution in [0.1, 0.15) is 46.6 Å². The number of hydrogen-bond donors (Lipinski definition) is 0. The van der Waals surface area contributed by atoms with Crippen molar-refractivity contribution in [1.82, 2.24) is 10.1 Å². The zero-order valence-corrected chi connectivity index (χ0v) is 17.1. The minimum absolute atomic E-state index is 0.146. The Hall–Kier alpha value is -2.54. The number of aromatic nitrogens is 2. The van der Waals surface area contributed by atoms with Crippen molar-refractivity contribution in [2.45, 2.75) is 41.5 Å². The quantitative estimate of drug-likeness (QED) is 0.607. The lowest BCUT2D eigenvalue weighted by molar-refractivity contribution is -0.129. The number of carbonyl (C=O) groups excluding carboxylic acids is 2. The van der Waals surface area contributed by atoms with Gasteiger partial charge in [0.1, 0.15) is 0 Å². The van der Waals surface area contributed by atoms with Crippen molar-refractivity contribution >= 4 is 34.2 Å². The van der Waals surface area contributed by atoms with Gasteiger partial charge in [-0.15, -0.1) is 11.3 Å². The van der Waals surface area contributed by atoms with E-state index in [1.165, 1.54) is 0 Å². The molecule has 0 atom stereocenters. The Labute approximate surface area is 161 Å². The van der Waals surface area contributed by atoms with Gasteiger partial charge in [0.2, 0.25) is 0 Å². The van der Waals surface area contributed by atoms with Crippen LogP contribution in [0.15, 0.2) is 16.7 Å². The van der Waals surface area contributed by atoms with Crippen molar-refractivity contribution < 1.29 is 18.8 Å². The van der Waals surface area contributed by atoms with Crippen molar-refractivity contribution in [2.24, 2.45) is 5.41 Å². The van der Waals surface area contributed by atoms with Crippen LogP contribution >= 0.6 is 11.3 Å². The van der Waals surface area contributed by atoms with Crippen molar-refractivity contribution in [2.75, 3.05) is 6.61 Å². The number of esters is 1. The summed E-state index contributed by atoms with van der Waals surface area (Å²) in [6.45, 7) is 10.9. The molecule has 3 heterocycles. The van der Waals surface area contributed by atoms with E-state index in [2.05, 4.69) is 10.1 Å². The van der Waals surface area contributed by atoms with E-state index < -0.39 is 11.4 Å². The number of thiophene rings is 1. The first-order valence-corrected chi connectivity index (χ1v) is 9.44. The summed E-state index contributed by atoms with van der Waals surface area (Å²) in [5.41, 5.74) is 2.12. The predicted octanol–water partition coefficient (Wildman–Crippen LogP) is 4.65. The van der Waals surface area contributed by atoms with Gasteiger partial charge in [0.05, 0.1) is 22.3 Å². The Morgan fingerprint density at radius 2 is 1.89 bits per heavy atom. The lowest BCUT2D eigenvalue weighted by Crippen LogP contribution is -2.26. The lowest BCUT2D eigenvalue weighted by Gasteiger charge is -2.16. The smallest absolute Gasteiger partial charge is 0.339 e. The first kappa shape index (κ1) is 19.2. The minimum atomic E-state index is -0.586. The highest BCUT2D eigenvalue weighted by molar-refractivity contribution is 7.12. The molecule has 0 aliphatic heterocycles. The van der Waals surface area contributed by atoms with Crippen LogP contribution in [0.4, 0.5) is 0 Å². The number of aryl methyl sites for hydroxylation is 3. The second-order valence-electron chi connectivity index (χ2n) is 7.58. The number of fused-ring (bicyclic) bond motifs is 1. The van der Waals surface area contributed by atoms with Crippen LogP contribution < -0.4 is 0 Å². The zero-order valence-electron chi connectivity index (χ0n) is 16.3. The van der Waals surface area contributed by atoms with Crippen molar-refractivity contribution in [3.05, 3.63) is 33.1 Å². The van der Waals surface area contributed by atoms with Gasteiger partial charge in [0.15, 0.2) is 12.4 Å². The Balaban J connectivity index is 2.03. The summed E-state index contributed by atoms with van der Waals surface area (Å²) in [7, 11) is 0. The van der Waals surface area contributed by atoms with Crippen LogP contribution in [0.5, 0.6) is 0 Å². The Morgan fingerprint density at radius 3 is 2.48 bits per heavy atom. The first-order valence-electron chi connectivity index (χ1n) is 8.63. The van der Waals surface area contributed by atoms with Crippen LogP contribution in [0.25, 0.3) is 22.4 Å². The number of Topliss-reactive ketones (excluding diaryl/α,β-unsaturated/α-hetero) is 1. The van der Waals surface area contributed by atoms with Gasteiger partial charge in [-0.1, -0.05) is 25.9 Å². The molecule has 3 aromatic heterocycles. The number of carbonyl (C=O) groups is 2. The maximum atomic E-state index is 12.7. The Morgan fingerprint density at radius 1 is 1.19 bits per heavy atom. The molecule has 0 spiro atoms. The molecule has 0 fully saturated rings. The van der Waals surface area contributed by atoms with E-state index >= 15 is 0 Å². The standard InChI is InChI=1S/C20H22N2O4S/c1-10-7-13(12(3)27-10)15-8-14(17-11(2)22-26-18(17)21-15)19(24)25-9-16(23)20(4,5)6/h7-8H,9H2,1-6H3. The topological polar surface area (TPSA) is 82.3 Å². The van der Waals surface area contributed by atoms with E-state index in [9.17, 15) is 9.59 Å². The molecule has 142 valence electrons. The summed E-state index contributed by atoms with van der Waals surface area (Å²) in [4.78, 5) is 31.6. The van der Waals surface area contributed by atoms with Crippen LogP contribution in [-0.2, 0) is 9.53 Å². The van der Waals surface area contributed by atoms with Crippen LogP contribution in [0.3, 0.4) is 0 Å². The molecule has 0 saturated carbocycles. The number of rotatable bonds is 4. The van der Waals surface area contributed by atoms with Gasteiger partial charge < -0.3 is 9.26 Å². The van der Waals surface area contributed by atoms with Gasteiger partial charge in [0, 0.05) is 20.7 Å². The molecule has 0 bridgehead atoms. The van der Waals surface area contributed by atoms with Gasteiger partial charge in [-0.05, 0) is 32.9 Å². The monoisotopic (exact) mass is 386 g/mol. The minimum Gasteiger partial charge on any atom is -0.454 e. The summed E-state index contributed by atoms with van der Waals surface area (Å²) < 4.78 is 10.6. The highest BCUT2D eigenvalue weighted by atomic mass is 32.1. The van der Waals surface area contributed by atoms with E-state index in [-0.39, 0.29) is 18.1 Å². The number of pyridine rings is 1. The summed E-state index contributed by atoms with van der Waals surface area (Å²) in [6.07, 6.45) is 0. The Bertz CT molecular complexity index is 1040. The fourth-order valence-electron chi connectivity index (χ4n) is 2.70. The van der Waals surface area contributed by atoms with Crippen LogP contribution in [-0.4, -0.2) is 28.5 Å². The molecule has 0 unspecified atom stereocenters. The predicted molar refractivity (Wildman–Crippen MR) is 104 cm³/mol. The van der Waals surface area contributed by atoms with E-state index in [1.807, 2.05) is 19.9 Å². The van der Waals surface area contributed by atoms with Gasteiger partial charge in [-0.3, -0.25) is 4.79 Å². The Kier molecular flexibility index (Phi) is 4.90. The lowest BCUT2D eigenvalue weighted by atomic mass is 9.91. The molecule has 0 N–H and O–H groups in total. The van der Waals surface area contributed by atoms with Crippen LogP contribution in [0, 0.1) is 26.2 Å². The molecular formula is C20H22N2O4S. The third-order valence-corrected chi connectivity index (χ3v) is 5.29. The summed E-state index contributed by atoms with van der Waals surface area (Å²) in [5.74, 6) is -0.732. The number of ketones is 1. The maximum Gasteiger partial charge on any atom is 0.339 e. The summed E-state index contributed by atoms with van der Waals surface area (Å²) in [6, 6.07) is 3.71. The van der Waals surface area contributed by atoms with E-state index in [4.69, 9.17) is 9.26 Å². The van der Waals surface area contributed by atoms with Crippen molar-refractivity contribution in [3.8, 4) is 11.3 Å². The molecular weight excluding hydrogens is 364 g/mol. The highest BCUT2D eigenvalue weighted by Gasteiger charge is 2.25. The fourth-order valence-corrected chi connectivity index (χ4v) is 3.64. The van der Waals surface area contributed by atoms with Gasteiger partial charge in [-0.2, -0.15) is 0 Å². The average Bonchev–Trinajstić information content (AvgIpc) is 3.12. The molecule has 27 heavy (non-hydrogen) atoms. The molecule has 0 saturated heterocycles. The molecule has 0 amide bonds. The summed E-state index contributed by atoms with van der Waals surface area (Å²) >= 11 is 1.66. The second kappa shape index (κ2) is 6.88. The van der Waals surface area contributed by atoms with E-state index in [0.717, 1.165) is 15.3 Å². The third-order valence-electron chi connectivity index (χ3n) is 4.32. The van der Waals surface area contributed by atoms with Gasteiger partial charge in [-0.25, -0.2) is 9.78 Å².